The van der Waals surface area contributed by atoms with Crippen molar-refractivity contribution in [2.24, 2.45) is 0 Å². The van der Waals surface area contributed by atoms with Gasteiger partial charge in [-0.05, 0) is 35.1 Å². The second kappa shape index (κ2) is 6.15. The quantitative estimate of drug-likeness (QED) is 0.746. The lowest BCUT2D eigenvalue weighted by Gasteiger charge is -2.12. The van der Waals surface area contributed by atoms with Gasteiger partial charge in [-0.15, -0.1) is 0 Å². The Bertz CT molecular complexity index is 684. The lowest BCUT2D eigenvalue weighted by atomic mass is 9.91. The predicted octanol–water partition coefficient (Wildman–Crippen LogP) is 5.30. The van der Waals surface area contributed by atoms with Gasteiger partial charge < -0.3 is 0 Å². The van der Waals surface area contributed by atoms with Crippen LogP contribution in [0.2, 0.25) is 0 Å². The van der Waals surface area contributed by atoms with Crippen LogP contribution in [0.15, 0.2) is 71.8 Å². The molecule has 0 aliphatic heterocycles. The number of benzene rings is 2. The molecular formula is C21H20O. The maximum Gasteiger partial charge on any atom is 0.186 e. The molecular weight excluding hydrogens is 268 g/mol. The summed E-state index contributed by atoms with van der Waals surface area (Å²) in [5, 5.41) is 0. The van der Waals surface area contributed by atoms with Crippen LogP contribution in [-0.4, -0.2) is 5.78 Å². The van der Waals surface area contributed by atoms with E-state index in [0.29, 0.717) is 0 Å². The summed E-state index contributed by atoms with van der Waals surface area (Å²) in [6.07, 6.45) is 1.53. The monoisotopic (exact) mass is 288 g/mol. The van der Waals surface area contributed by atoms with Gasteiger partial charge >= 0.3 is 0 Å². The van der Waals surface area contributed by atoms with Gasteiger partial charge in [0.05, 0.1) is 0 Å². The Labute approximate surface area is 132 Å². The van der Waals surface area contributed by atoms with Gasteiger partial charge in [-0.3, -0.25) is 4.79 Å². The average molecular weight is 288 g/mol. The van der Waals surface area contributed by atoms with Crippen LogP contribution in [0.1, 0.15) is 37.8 Å². The van der Waals surface area contributed by atoms with Crippen LogP contribution in [0.25, 0.3) is 11.1 Å². The Morgan fingerprint density at radius 2 is 1.00 bits per heavy atom. The Kier molecular flexibility index (Phi) is 4.06. The third-order valence-electron chi connectivity index (χ3n) is 4.23. The smallest absolute Gasteiger partial charge is 0.186 e. The van der Waals surface area contributed by atoms with Crippen LogP contribution in [0, 0.1) is 0 Å². The van der Waals surface area contributed by atoms with Gasteiger partial charge in [-0.1, -0.05) is 74.5 Å². The van der Waals surface area contributed by atoms with Crippen LogP contribution in [0.3, 0.4) is 0 Å². The van der Waals surface area contributed by atoms with Crippen molar-refractivity contribution in [1.82, 2.24) is 0 Å². The Balaban J connectivity index is 2.28. The third-order valence-corrected chi connectivity index (χ3v) is 4.23. The first-order chi connectivity index (χ1) is 10.8. The van der Waals surface area contributed by atoms with Gasteiger partial charge in [0.1, 0.15) is 0 Å². The first kappa shape index (κ1) is 14.5. The van der Waals surface area contributed by atoms with Crippen molar-refractivity contribution in [2.75, 3.05) is 0 Å². The molecule has 0 saturated carbocycles. The average Bonchev–Trinajstić information content (AvgIpc) is 2.88. The molecule has 22 heavy (non-hydrogen) atoms. The molecule has 2 aromatic rings. The summed E-state index contributed by atoms with van der Waals surface area (Å²) >= 11 is 0. The van der Waals surface area contributed by atoms with E-state index >= 15 is 0 Å². The fourth-order valence-electron chi connectivity index (χ4n) is 3.23. The van der Waals surface area contributed by atoms with Gasteiger partial charge in [0.2, 0.25) is 0 Å². The minimum atomic E-state index is 0.225. The van der Waals surface area contributed by atoms with Crippen LogP contribution in [-0.2, 0) is 4.79 Å². The molecule has 1 heteroatoms. The molecule has 0 saturated heterocycles. The maximum atomic E-state index is 12.8. The van der Waals surface area contributed by atoms with E-state index in [9.17, 15) is 4.79 Å². The lowest BCUT2D eigenvalue weighted by Crippen LogP contribution is -2.01. The molecule has 2 aromatic carbocycles. The molecule has 0 bridgehead atoms. The van der Waals surface area contributed by atoms with Crippen LogP contribution in [0.4, 0.5) is 0 Å². The fourth-order valence-corrected chi connectivity index (χ4v) is 3.23. The summed E-state index contributed by atoms with van der Waals surface area (Å²) in [5.41, 5.74) is 6.40. The molecule has 0 fully saturated rings. The second-order valence-corrected chi connectivity index (χ2v) is 5.48. The first-order valence-electron chi connectivity index (χ1n) is 7.90. The molecule has 1 aliphatic carbocycles. The minimum Gasteiger partial charge on any atom is -0.289 e. The summed E-state index contributed by atoms with van der Waals surface area (Å²) in [7, 11) is 0. The molecule has 0 atom stereocenters. The number of carbonyl (C=O) groups is 1. The van der Waals surface area contributed by atoms with Crippen molar-refractivity contribution < 1.29 is 4.79 Å². The zero-order valence-corrected chi connectivity index (χ0v) is 13.1. The van der Waals surface area contributed by atoms with E-state index in [1.807, 2.05) is 36.4 Å². The second-order valence-electron chi connectivity index (χ2n) is 5.48. The molecule has 0 heterocycles. The lowest BCUT2D eigenvalue weighted by molar-refractivity contribution is -0.112. The number of Topliss-reactive ketones (excluding diaryl/α,β-unsaturated/α-hetero) is 1. The van der Waals surface area contributed by atoms with E-state index in [0.717, 1.165) is 46.3 Å². The summed E-state index contributed by atoms with van der Waals surface area (Å²) in [5.74, 6) is 0.225. The molecule has 0 amide bonds. The SMILES string of the molecule is CCC1=C(c2ccccc2)C(c2ccccc2)=C(CC)C1=O. The van der Waals surface area contributed by atoms with Crippen molar-refractivity contribution in [2.45, 2.75) is 26.7 Å². The Morgan fingerprint density at radius 3 is 1.32 bits per heavy atom. The molecule has 0 unspecified atom stereocenters. The molecule has 0 spiro atoms. The normalized spacial score (nSPS) is 14.9. The van der Waals surface area contributed by atoms with Crippen molar-refractivity contribution in [1.29, 1.82) is 0 Å². The molecule has 110 valence electrons. The summed E-state index contributed by atoms with van der Waals surface area (Å²) in [4.78, 5) is 12.8. The van der Waals surface area contributed by atoms with Crippen molar-refractivity contribution in [3.8, 4) is 0 Å². The standard InChI is InChI=1S/C21H20O/c1-3-17-19(15-11-7-5-8-12-15)20(18(4-2)21(17)22)16-13-9-6-10-14-16/h5-14H,3-4H2,1-2H3. The zero-order chi connectivity index (χ0) is 15.5. The van der Waals surface area contributed by atoms with E-state index in [2.05, 4.69) is 38.1 Å². The van der Waals surface area contributed by atoms with Crippen LogP contribution in [0.5, 0.6) is 0 Å². The summed E-state index contributed by atoms with van der Waals surface area (Å²) < 4.78 is 0. The maximum absolute atomic E-state index is 12.8. The van der Waals surface area contributed by atoms with E-state index < -0.39 is 0 Å². The van der Waals surface area contributed by atoms with E-state index in [1.54, 1.807) is 0 Å². The highest BCUT2D eigenvalue weighted by atomic mass is 16.1. The van der Waals surface area contributed by atoms with Gasteiger partial charge in [0.25, 0.3) is 0 Å². The fraction of sp³-hybridized carbons (Fsp3) is 0.190. The Morgan fingerprint density at radius 1 is 0.636 bits per heavy atom. The Hall–Kier alpha value is -2.41. The summed E-state index contributed by atoms with van der Waals surface area (Å²) in [6, 6.07) is 20.6. The molecule has 0 radical (unpaired) electrons. The van der Waals surface area contributed by atoms with Crippen molar-refractivity contribution in [3.63, 3.8) is 0 Å². The largest absolute Gasteiger partial charge is 0.289 e. The highest BCUT2D eigenvalue weighted by molar-refractivity contribution is 6.31. The summed E-state index contributed by atoms with van der Waals surface area (Å²) in [6.45, 7) is 4.13. The van der Waals surface area contributed by atoms with Crippen LogP contribution < -0.4 is 0 Å². The number of ketones is 1. The minimum absolute atomic E-state index is 0.225. The van der Waals surface area contributed by atoms with E-state index in [4.69, 9.17) is 0 Å². The molecule has 0 N–H and O–H groups in total. The highest BCUT2D eigenvalue weighted by Crippen LogP contribution is 2.44. The van der Waals surface area contributed by atoms with Gasteiger partial charge in [0.15, 0.2) is 5.78 Å². The zero-order valence-electron chi connectivity index (χ0n) is 13.1. The number of carbonyl (C=O) groups excluding carboxylic acids is 1. The topological polar surface area (TPSA) is 17.1 Å². The molecule has 1 aliphatic rings. The van der Waals surface area contributed by atoms with Crippen molar-refractivity contribution in [3.05, 3.63) is 82.9 Å². The van der Waals surface area contributed by atoms with Gasteiger partial charge in [-0.25, -0.2) is 0 Å². The van der Waals surface area contributed by atoms with Crippen molar-refractivity contribution >= 4 is 16.9 Å². The number of hydrogen-bond acceptors (Lipinski definition) is 1. The predicted molar refractivity (Wildman–Crippen MR) is 92.3 cm³/mol. The number of allylic oxidation sites excluding steroid dienone is 4. The van der Waals surface area contributed by atoms with Crippen LogP contribution >= 0.6 is 0 Å². The number of rotatable bonds is 4. The highest BCUT2D eigenvalue weighted by Gasteiger charge is 2.31. The first-order valence-corrected chi connectivity index (χ1v) is 7.90. The van der Waals surface area contributed by atoms with E-state index in [1.165, 1.54) is 0 Å². The molecule has 0 aromatic heterocycles. The van der Waals surface area contributed by atoms with Gasteiger partial charge in [-0.2, -0.15) is 0 Å². The van der Waals surface area contributed by atoms with Gasteiger partial charge in [0, 0.05) is 11.1 Å². The molecule has 3 rings (SSSR count). The molecule has 1 nitrogen and oxygen atoms in total. The number of hydrogen-bond donors (Lipinski definition) is 0. The third kappa shape index (κ3) is 2.33. The van der Waals surface area contributed by atoms with E-state index in [-0.39, 0.29) is 5.78 Å².